The molecule has 0 spiro atoms. The Balaban J connectivity index is 2.60. The monoisotopic (exact) mass is 330 g/mol. The summed E-state index contributed by atoms with van der Waals surface area (Å²) in [7, 11) is 1.62. The molecule has 0 aliphatic rings. The molecule has 0 amide bonds. The molecule has 122 valence electrons. The summed E-state index contributed by atoms with van der Waals surface area (Å²) in [5, 5.41) is 0. The molecule has 23 heavy (non-hydrogen) atoms. The highest BCUT2D eigenvalue weighted by Gasteiger charge is 2.12. The maximum Gasteiger partial charge on any atom is 0.157 e. The lowest BCUT2D eigenvalue weighted by Crippen LogP contribution is -2.00. The van der Waals surface area contributed by atoms with Crippen LogP contribution in [-0.4, -0.2) is 15.9 Å². The predicted octanol–water partition coefficient (Wildman–Crippen LogP) is 4.68. The molecule has 1 atom stereocenters. The molecule has 2 rings (SSSR count). The van der Waals surface area contributed by atoms with Crippen LogP contribution in [0.3, 0.4) is 0 Å². The summed E-state index contributed by atoms with van der Waals surface area (Å²) in [6.07, 6.45) is 0. The quantitative estimate of drug-likeness (QED) is 0.640. The highest BCUT2D eigenvalue weighted by molar-refractivity contribution is 7.78. The van der Waals surface area contributed by atoms with Crippen molar-refractivity contribution >= 4 is 22.2 Å². The van der Waals surface area contributed by atoms with E-state index in [4.69, 9.17) is 4.74 Å². The lowest BCUT2D eigenvalue weighted by Gasteiger charge is -2.15. The molecule has 0 fully saturated rings. The first kappa shape index (κ1) is 17.4. The summed E-state index contributed by atoms with van der Waals surface area (Å²) in [4.78, 5) is 0. The van der Waals surface area contributed by atoms with Crippen LogP contribution < -0.4 is 4.74 Å². The molecule has 0 bridgehead atoms. The topological polar surface area (TPSA) is 46.5 Å². The third-order valence-corrected chi connectivity index (χ3v) is 4.67. The second-order valence-electron chi connectivity index (χ2n) is 5.55. The molecule has 0 aliphatic heterocycles. The Morgan fingerprint density at radius 1 is 1.09 bits per heavy atom. The molecule has 3 nitrogen and oxygen atoms in total. The number of methoxy groups -OCH3 is 1. The van der Waals surface area contributed by atoms with E-state index in [9.17, 15) is 8.76 Å². The van der Waals surface area contributed by atoms with Crippen molar-refractivity contribution < 1.29 is 13.5 Å². The van der Waals surface area contributed by atoms with Crippen LogP contribution in [0, 0.1) is 6.92 Å². The Morgan fingerprint density at radius 2 is 1.74 bits per heavy atom. The summed E-state index contributed by atoms with van der Waals surface area (Å²) in [5.74, 6) is 0.849. The van der Waals surface area contributed by atoms with Crippen LogP contribution in [0.5, 0.6) is 5.75 Å². The Labute approximate surface area is 140 Å². The fraction of sp³-hybridized carbons (Fsp3) is 0.263. The van der Waals surface area contributed by atoms with Crippen LogP contribution in [0.25, 0.3) is 11.1 Å². The third kappa shape index (κ3) is 4.09. The van der Waals surface area contributed by atoms with Gasteiger partial charge in [0.2, 0.25) is 0 Å². The number of hydrogen-bond acceptors (Lipinski definition) is 2. The molecule has 1 N–H and O–H groups in total. The Hall–Kier alpha value is -1.91. The second kappa shape index (κ2) is 7.57. The normalized spacial score (nSPS) is 13.4. The molecule has 2 aromatic rings. The van der Waals surface area contributed by atoms with E-state index in [0.29, 0.717) is 0 Å². The largest absolute Gasteiger partial charge is 0.497 e. The molecule has 4 heteroatoms. The van der Waals surface area contributed by atoms with E-state index in [1.807, 2.05) is 37.3 Å². The second-order valence-corrected chi connectivity index (χ2v) is 6.49. The fourth-order valence-corrected chi connectivity index (χ4v) is 3.21. The van der Waals surface area contributed by atoms with E-state index in [1.165, 1.54) is 11.1 Å². The van der Waals surface area contributed by atoms with Gasteiger partial charge in [-0.1, -0.05) is 30.3 Å². The Kier molecular flexibility index (Phi) is 5.74. The first-order valence-electron chi connectivity index (χ1n) is 7.42. The van der Waals surface area contributed by atoms with Crippen LogP contribution in [0.4, 0.5) is 0 Å². The van der Waals surface area contributed by atoms with Gasteiger partial charge in [0.25, 0.3) is 0 Å². The molecule has 0 aliphatic carbocycles. The number of ether oxygens (including phenoxy) is 1. The van der Waals surface area contributed by atoms with Gasteiger partial charge in [-0.05, 0) is 66.3 Å². The zero-order valence-electron chi connectivity index (χ0n) is 13.9. The van der Waals surface area contributed by atoms with Crippen molar-refractivity contribution in [3.63, 3.8) is 0 Å². The predicted molar refractivity (Wildman–Crippen MR) is 96.8 cm³/mol. The third-order valence-electron chi connectivity index (χ3n) is 4.11. The van der Waals surface area contributed by atoms with Gasteiger partial charge in [-0.3, -0.25) is 0 Å². The summed E-state index contributed by atoms with van der Waals surface area (Å²) >= 11 is -1.88. The van der Waals surface area contributed by atoms with Gasteiger partial charge in [0, 0.05) is 0 Å². The first-order chi connectivity index (χ1) is 10.9. The number of allylic oxidation sites excluding steroid dienone is 2. The summed E-state index contributed by atoms with van der Waals surface area (Å²) in [6.45, 7) is 6.21. The van der Waals surface area contributed by atoms with Crippen molar-refractivity contribution in [2.75, 3.05) is 7.11 Å². The summed E-state index contributed by atoms with van der Waals surface area (Å²) in [5.41, 5.74) is 6.42. The zero-order valence-corrected chi connectivity index (χ0v) is 14.7. The van der Waals surface area contributed by atoms with E-state index in [2.05, 4.69) is 26.0 Å². The van der Waals surface area contributed by atoms with E-state index in [-0.39, 0.29) is 5.75 Å². The van der Waals surface area contributed by atoms with Crippen molar-refractivity contribution in [1.82, 2.24) is 0 Å². The minimum Gasteiger partial charge on any atom is -0.497 e. The van der Waals surface area contributed by atoms with E-state index in [0.717, 1.165) is 28.0 Å². The van der Waals surface area contributed by atoms with Gasteiger partial charge in [0.05, 0.1) is 12.9 Å². The van der Waals surface area contributed by atoms with Crippen LogP contribution in [-0.2, 0) is 16.8 Å². The molecule has 1 unspecified atom stereocenters. The smallest absolute Gasteiger partial charge is 0.157 e. The average molecular weight is 330 g/mol. The van der Waals surface area contributed by atoms with Crippen molar-refractivity contribution in [2.24, 2.45) is 0 Å². The first-order valence-corrected chi connectivity index (χ1v) is 8.70. The SMILES string of the molecule is COc1ccc(CS(=O)O)c(C(C)=C(C)c2ccccc2C)c1. The van der Waals surface area contributed by atoms with Gasteiger partial charge in [0.1, 0.15) is 5.75 Å². The molecule has 0 heterocycles. The Bertz CT molecular complexity index is 763. The number of rotatable bonds is 5. The summed E-state index contributed by atoms with van der Waals surface area (Å²) in [6, 6.07) is 13.8. The van der Waals surface area contributed by atoms with Gasteiger partial charge < -0.3 is 9.29 Å². The molecular weight excluding hydrogens is 308 g/mol. The number of benzene rings is 2. The average Bonchev–Trinajstić information content (AvgIpc) is 2.54. The molecule has 0 saturated heterocycles. The maximum absolute atomic E-state index is 11.3. The van der Waals surface area contributed by atoms with Gasteiger partial charge in [-0.2, -0.15) is 0 Å². The Morgan fingerprint density at radius 3 is 2.35 bits per heavy atom. The van der Waals surface area contributed by atoms with E-state index in [1.54, 1.807) is 7.11 Å². The van der Waals surface area contributed by atoms with Gasteiger partial charge in [-0.25, -0.2) is 4.21 Å². The minimum absolute atomic E-state index is 0.109. The van der Waals surface area contributed by atoms with Crippen LogP contribution in [0.2, 0.25) is 0 Å². The van der Waals surface area contributed by atoms with Crippen molar-refractivity contribution in [3.05, 3.63) is 64.7 Å². The summed E-state index contributed by atoms with van der Waals surface area (Å²) < 4.78 is 25.8. The lowest BCUT2D eigenvalue weighted by molar-refractivity contribution is 0.414. The zero-order chi connectivity index (χ0) is 17.0. The maximum atomic E-state index is 11.3. The van der Waals surface area contributed by atoms with Gasteiger partial charge in [0.15, 0.2) is 11.1 Å². The standard InChI is InChI=1S/C19H22O3S/c1-13-7-5-6-8-18(13)14(2)15(3)19-11-17(22-4)10-9-16(19)12-23(20)21/h5-11H,12H2,1-4H3,(H,20,21). The van der Waals surface area contributed by atoms with Gasteiger partial charge >= 0.3 is 0 Å². The number of aryl methyl sites for hydroxylation is 1. The van der Waals surface area contributed by atoms with Crippen LogP contribution >= 0.6 is 0 Å². The van der Waals surface area contributed by atoms with Crippen LogP contribution in [0.1, 0.15) is 36.1 Å². The molecule has 0 radical (unpaired) electrons. The lowest BCUT2D eigenvalue weighted by atomic mass is 9.92. The van der Waals surface area contributed by atoms with Crippen molar-refractivity contribution in [1.29, 1.82) is 0 Å². The van der Waals surface area contributed by atoms with E-state index >= 15 is 0 Å². The highest BCUT2D eigenvalue weighted by Crippen LogP contribution is 2.32. The minimum atomic E-state index is -1.88. The molecular formula is C19H22O3S. The fourth-order valence-electron chi connectivity index (χ4n) is 2.69. The van der Waals surface area contributed by atoms with Crippen molar-refractivity contribution in [2.45, 2.75) is 26.5 Å². The number of hydrogen-bond donors (Lipinski definition) is 1. The molecule has 2 aromatic carbocycles. The molecule has 0 saturated carbocycles. The van der Waals surface area contributed by atoms with Crippen molar-refractivity contribution in [3.8, 4) is 5.75 Å². The highest BCUT2D eigenvalue weighted by atomic mass is 32.2. The molecule has 0 aromatic heterocycles. The van der Waals surface area contributed by atoms with E-state index < -0.39 is 11.1 Å². The van der Waals surface area contributed by atoms with Gasteiger partial charge in [-0.15, -0.1) is 0 Å². The van der Waals surface area contributed by atoms with Crippen LogP contribution in [0.15, 0.2) is 42.5 Å².